The topological polar surface area (TPSA) is 102 Å². The zero-order chi connectivity index (χ0) is 25.9. The first kappa shape index (κ1) is 32.8. The van der Waals surface area contributed by atoms with Crippen LogP contribution in [0.5, 0.6) is 0 Å². The molecular formula is C26H50O11. The molecule has 0 aromatic heterocycles. The smallest absolute Gasteiger partial charge is 0.157 e. The van der Waals surface area contributed by atoms with Gasteiger partial charge in [-0.2, -0.15) is 0 Å². The molecule has 2 rings (SSSR count). The van der Waals surface area contributed by atoms with Crippen molar-refractivity contribution in [3.05, 3.63) is 0 Å². The van der Waals surface area contributed by atoms with Crippen molar-refractivity contribution >= 4 is 0 Å². The van der Waals surface area contributed by atoms with Gasteiger partial charge in [0.15, 0.2) is 12.6 Å². The van der Waals surface area contributed by atoms with Gasteiger partial charge < -0.3 is 52.1 Å². The lowest BCUT2D eigenvalue weighted by Gasteiger charge is -2.22. The third kappa shape index (κ3) is 21.1. The van der Waals surface area contributed by atoms with E-state index < -0.39 is 0 Å². The monoisotopic (exact) mass is 538 g/mol. The molecule has 2 aliphatic heterocycles. The predicted octanol–water partition coefficient (Wildman–Crippen LogP) is 2.19. The van der Waals surface area contributed by atoms with Crippen molar-refractivity contribution < 1.29 is 52.1 Å². The van der Waals surface area contributed by atoms with Crippen molar-refractivity contribution in [3.63, 3.8) is 0 Å². The molecule has 220 valence electrons. The SMILES string of the molecule is C1CCC(OCCOCCOCCOCCOCCOCCOCCOCCOC2CCCCO2)OC1. The van der Waals surface area contributed by atoms with Gasteiger partial charge in [0.1, 0.15) is 0 Å². The molecule has 2 aliphatic rings. The van der Waals surface area contributed by atoms with Crippen LogP contribution in [0.15, 0.2) is 0 Å². The van der Waals surface area contributed by atoms with Gasteiger partial charge in [-0.15, -0.1) is 0 Å². The van der Waals surface area contributed by atoms with Crippen LogP contribution in [0.2, 0.25) is 0 Å². The van der Waals surface area contributed by atoms with Crippen molar-refractivity contribution in [2.24, 2.45) is 0 Å². The highest BCUT2D eigenvalue weighted by atomic mass is 16.7. The van der Waals surface area contributed by atoms with E-state index in [1.807, 2.05) is 0 Å². The van der Waals surface area contributed by atoms with E-state index >= 15 is 0 Å². The lowest BCUT2D eigenvalue weighted by Crippen LogP contribution is -2.24. The van der Waals surface area contributed by atoms with Gasteiger partial charge in [-0.25, -0.2) is 0 Å². The Hall–Kier alpha value is -0.440. The fourth-order valence-corrected chi connectivity index (χ4v) is 3.58. The summed E-state index contributed by atoms with van der Waals surface area (Å²) in [6.07, 6.45) is 6.43. The number of hydrogen-bond acceptors (Lipinski definition) is 11. The van der Waals surface area contributed by atoms with E-state index in [2.05, 4.69) is 0 Å². The highest BCUT2D eigenvalue weighted by Crippen LogP contribution is 2.14. The Morgan fingerprint density at radius 1 is 0.351 bits per heavy atom. The molecule has 0 saturated carbocycles. The van der Waals surface area contributed by atoms with Gasteiger partial charge in [0.2, 0.25) is 0 Å². The van der Waals surface area contributed by atoms with Gasteiger partial charge in [-0.1, -0.05) is 0 Å². The predicted molar refractivity (Wildman–Crippen MR) is 135 cm³/mol. The molecule has 0 bridgehead atoms. The van der Waals surface area contributed by atoms with Crippen LogP contribution in [0.4, 0.5) is 0 Å². The van der Waals surface area contributed by atoms with Crippen molar-refractivity contribution in [2.75, 3.05) is 119 Å². The van der Waals surface area contributed by atoms with Gasteiger partial charge in [0.25, 0.3) is 0 Å². The summed E-state index contributed by atoms with van der Waals surface area (Å²) in [6.45, 7) is 10.2. The van der Waals surface area contributed by atoms with Crippen molar-refractivity contribution in [2.45, 2.75) is 51.1 Å². The molecule has 2 saturated heterocycles. The van der Waals surface area contributed by atoms with Gasteiger partial charge in [-0.3, -0.25) is 0 Å². The Labute approximate surface area is 222 Å². The molecule has 11 heteroatoms. The summed E-state index contributed by atoms with van der Waals surface area (Å²) in [6, 6.07) is 0. The maximum Gasteiger partial charge on any atom is 0.157 e. The second kappa shape index (κ2) is 25.8. The Morgan fingerprint density at radius 2 is 0.622 bits per heavy atom. The van der Waals surface area contributed by atoms with Crippen LogP contribution in [0.1, 0.15) is 38.5 Å². The number of rotatable bonds is 26. The summed E-state index contributed by atoms with van der Waals surface area (Å²) >= 11 is 0. The molecule has 2 atom stereocenters. The number of ether oxygens (including phenoxy) is 11. The number of hydrogen-bond donors (Lipinski definition) is 0. The lowest BCUT2D eigenvalue weighted by atomic mass is 10.2. The van der Waals surface area contributed by atoms with E-state index in [-0.39, 0.29) is 12.6 Å². The van der Waals surface area contributed by atoms with Crippen LogP contribution in [0.25, 0.3) is 0 Å². The van der Waals surface area contributed by atoms with Gasteiger partial charge in [0.05, 0.1) is 106 Å². The standard InChI is InChI=1S/C26H50O11/c1-3-7-34-25(5-1)36-23-21-32-19-17-30-15-13-28-11-9-27-10-12-29-14-16-31-18-20-33-22-24-37-26-6-2-4-8-35-26/h25-26H,1-24H2. The van der Waals surface area contributed by atoms with E-state index in [0.717, 1.165) is 38.9 Å². The highest BCUT2D eigenvalue weighted by Gasteiger charge is 2.14. The molecule has 0 amide bonds. The summed E-state index contributed by atoms with van der Waals surface area (Å²) < 4.78 is 60.5. The maximum atomic E-state index is 5.60. The summed E-state index contributed by atoms with van der Waals surface area (Å²) in [5.41, 5.74) is 0. The zero-order valence-electron chi connectivity index (χ0n) is 22.6. The minimum absolute atomic E-state index is 0.0589. The third-order valence-corrected chi connectivity index (χ3v) is 5.57. The molecule has 0 aromatic carbocycles. The van der Waals surface area contributed by atoms with Gasteiger partial charge in [0, 0.05) is 13.2 Å². The largest absolute Gasteiger partial charge is 0.377 e. The first-order valence-corrected chi connectivity index (χ1v) is 14.0. The van der Waals surface area contributed by atoms with Crippen LogP contribution in [-0.4, -0.2) is 132 Å². The first-order chi connectivity index (χ1) is 18.4. The summed E-state index contributed by atoms with van der Waals surface area (Å²) in [5, 5.41) is 0. The average Bonchev–Trinajstić information content (AvgIpc) is 2.94. The van der Waals surface area contributed by atoms with E-state index in [4.69, 9.17) is 52.1 Å². The third-order valence-electron chi connectivity index (χ3n) is 5.57. The average molecular weight is 539 g/mol. The lowest BCUT2D eigenvalue weighted by molar-refractivity contribution is -0.169. The van der Waals surface area contributed by atoms with Crippen molar-refractivity contribution in [1.29, 1.82) is 0 Å². The van der Waals surface area contributed by atoms with Gasteiger partial charge >= 0.3 is 0 Å². The molecule has 37 heavy (non-hydrogen) atoms. The Morgan fingerprint density at radius 3 is 0.865 bits per heavy atom. The van der Waals surface area contributed by atoms with Crippen LogP contribution >= 0.6 is 0 Å². The molecule has 0 spiro atoms. The molecular weight excluding hydrogens is 488 g/mol. The van der Waals surface area contributed by atoms with Crippen LogP contribution < -0.4 is 0 Å². The van der Waals surface area contributed by atoms with Crippen LogP contribution in [-0.2, 0) is 52.1 Å². The Kier molecular flexibility index (Phi) is 22.9. The molecule has 11 nitrogen and oxygen atoms in total. The quantitative estimate of drug-likeness (QED) is 0.152. The minimum atomic E-state index is -0.0589. The molecule has 0 aliphatic carbocycles. The zero-order valence-corrected chi connectivity index (χ0v) is 22.6. The summed E-state index contributed by atoms with van der Waals surface area (Å²) in [4.78, 5) is 0. The molecule has 0 radical (unpaired) electrons. The fourth-order valence-electron chi connectivity index (χ4n) is 3.58. The van der Waals surface area contributed by atoms with Gasteiger partial charge in [-0.05, 0) is 38.5 Å². The minimum Gasteiger partial charge on any atom is -0.377 e. The molecule has 2 fully saturated rings. The van der Waals surface area contributed by atoms with Crippen LogP contribution in [0.3, 0.4) is 0 Å². The second-order valence-corrected chi connectivity index (χ2v) is 8.62. The normalized spacial score (nSPS) is 20.4. The molecule has 0 N–H and O–H groups in total. The molecule has 2 heterocycles. The Balaban J connectivity index is 1.15. The Bertz CT molecular complexity index is 420. The van der Waals surface area contributed by atoms with E-state index in [9.17, 15) is 0 Å². The van der Waals surface area contributed by atoms with Crippen molar-refractivity contribution in [3.8, 4) is 0 Å². The maximum absolute atomic E-state index is 5.60. The summed E-state index contributed by atoms with van der Waals surface area (Å²) in [5.74, 6) is 0. The highest BCUT2D eigenvalue weighted by molar-refractivity contribution is 4.54. The van der Waals surface area contributed by atoms with Crippen molar-refractivity contribution in [1.82, 2.24) is 0 Å². The van der Waals surface area contributed by atoms with Crippen LogP contribution in [0, 0.1) is 0 Å². The molecule has 0 aromatic rings. The van der Waals surface area contributed by atoms with E-state index in [0.29, 0.717) is 106 Å². The van der Waals surface area contributed by atoms with E-state index in [1.165, 1.54) is 12.8 Å². The fraction of sp³-hybridized carbons (Fsp3) is 1.00. The molecule has 2 unspecified atom stereocenters. The first-order valence-electron chi connectivity index (χ1n) is 14.0. The second-order valence-electron chi connectivity index (χ2n) is 8.62. The summed E-state index contributed by atoms with van der Waals surface area (Å²) in [7, 11) is 0. The van der Waals surface area contributed by atoms with E-state index in [1.54, 1.807) is 0 Å².